The van der Waals surface area contributed by atoms with Crippen LogP contribution in [0.4, 0.5) is 23.4 Å². The molecule has 9 heteroatoms. The number of nitrogens with zero attached hydrogens (tertiary/aromatic N) is 2. The van der Waals surface area contributed by atoms with Crippen LogP contribution in [0.5, 0.6) is 0 Å². The van der Waals surface area contributed by atoms with Crippen LogP contribution in [0.2, 0.25) is 0 Å². The summed E-state index contributed by atoms with van der Waals surface area (Å²) in [5, 5.41) is 2.69. The first-order chi connectivity index (χ1) is 17.3. The molecular formula is C27H26F4N4O. The van der Waals surface area contributed by atoms with Gasteiger partial charge in [-0.3, -0.25) is 9.69 Å². The zero-order valence-electron chi connectivity index (χ0n) is 19.5. The molecule has 5 rings (SSSR count). The first-order valence-electron chi connectivity index (χ1n) is 12.0. The molecule has 0 spiro atoms. The maximum Gasteiger partial charge on any atom is 0.251 e. The largest absolute Gasteiger partial charge is 0.383 e. The highest BCUT2D eigenvalue weighted by Gasteiger charge is 2.24. The molecule has 1 saturated heterocycles. The number of pyridine rings is 1. The van der Waals surface area contributed by atoms with Gasteiger partial charge in [-0.05, 0) is 73.2 Å². The van der Waals surface area contributed by atoms with Gasteiger partial charge in [0.2, 0.25) is 5.95 Å². The predicted octanol–water partition coefficient (Wildman–Crippen LogP) is 5.01. The third kappa shape index (κ3) is 4.80. The van der Waals surface area contributed by atoms with Crippen molar-refractivity contribution < 1.29 is 22.4 Å². The molecule has 1 aromatic heterocycles. The number of nitrogen functional groups attached to an aromatic ring is 1. The number of alkyl halides is 2. The van der Waals surface area contributed by atoms with Gasteiger partial charge in [-0.15, -0.1) is 0 Å². The molecule has 2 aliphatic heterocycles. The highest BCUT2D eigenvalue weighted by molar-refractivity contribution is 5.97. The number of benzene rings is 2. The molecule has 2 aromatic carbocycles. The van der Waals surface area contributed by atoms with Crippen LogP contribution < -0.4 is 11.1 Å². The van der Waals surface area contributed by atoms with Crippen molar-refractivity contribution in [2.75, 3.05) is 31.9 Å². The number of piperidine rings is 1. The van der Waals surface area contributed by atoms with Crippen LogP contribution >= 0.6 is 0 Å². The monoisotopic (exact) mass is 498 g/mol. The fourth-order valence-electron chi connectivity index (χ4n) is 5.15. The Bertz CT molecular complexity index is 1290. The van der Waals surface area contributed by atoms with E-state index < -0.39 is 18.2 Å². The van der Waals surface area contributed by atoms with Crippen molar-refractivity contribution in [2.24, 2.45) is 0 Å². The number of likely N-dealkylation sites (tertiary alicyclic amines) is 1. The van der Waals surface area contributed by atoms with Gasteiger partial charge in [-0.25, -0.2) is 18.2 Å². The molecule has 3 heterocycles. The van der Waals surface area contributed by atoms with Crippen LogP contribution in [-0.4, -0.2) is 48.4 Å². The van der Waals surface area contributed by atoms with Gasteiger partial charge >= 0.3 is 0 Å². The van der Waals surface area contributed by atoms with E-state index in [9.17, 15) is 18.0 Å². The smallest absolute Gasteiger partial charge is 0.251 e. The lowest BCUT2D eigenvalue weighted by atomic mass is 9.88. The molecule has 3 N–H and O–H groups in total. The van der Waals surface area contributed by atoms with Crippen molar-refractivity contribution in [1.82, 2.24) is 15.2 Å². The van der Waals surface area contributed by atoms with Crippen LogP contribution in [0.1, 0.15) is 40.2 Å². The Morgan fingerprint density at radius 1 is 1.00 bits per heavy atom. The lowest BCUT2D eigenvalue weighted by Crippen LogP contribution is -2.36. The van der Waals surface area contributed by atoms with Gasteiger partial charge in [-0.1, -0.05) is 24.3 Å². The highest BCUT2D eigenvalue weighted by Crippen LogP contribution is 2.36. The fourth-order valence-corrected chi connectivity index (χ4v) is 5.15. The van der Waals surface area contributed by atoms with Gasteiger partial charge < -0.3 is 11.1 Å². The summed E-state index contributed by atoms with van der Waals surface area (Å²) in [4.78, 5) is 17.7. The number of amides is 1. The normalized spacial score (nSPS) is 16.8. The predicted molar refractivity (Wildman–Crippen MR) is 130 cm³/mol. The van der Waals surface area contributed by atoms with Gasteiger partial charge in [0.1, 0.15) is 11.6 Å². The van der Waals surface area contributed by atoms with E-state index in [0.717, 1.165) is 18.4 Å². The van der Waals surface area contributed by atoms with Crippen molar-refractivity contribution >= 4 is 11.7 Å². The van der Waals surface area contributed by atoms with E-state index in [1.807, 2.05) is 12.1 Å². The van der Waals surface area contributed by atoms with Crippen molar-refractivity contribution in [3.8, 4) is 22.3 Å². The SMILES string of the molecule is Nc1nc(F)c(-c2ccc(C3CCN(CC(F)F)CC3)cc2)cc1-c1cc2c(cc1F)C(=O)NCC2. The van der Waals surface area contributed by atoms with E-state index in [1.54, 1.807) is 23.1 Å². The molecular weight excluding hydrogens is 472 g/mol. The Labute approximate surface area is 206 Å². The molecule has 0 atom stereocenters. The molecule has 36 heavy (non-hydrogen) atoms. The number of halogens is 4. The molecule has 1 amide bonds. The number of anilines is 1. The Morgan fingerprint density at radius 3 is 2.42 bits per heavy atom. The van der Waals surface area contributed by atoms with E-state index in [2.05, 4.69) is 10.3 Å². The number of rotatable bonds is 5. The molecule has 0 radical (unpaired) electrons. The first kappa shape index (κ1) is 24.2. The Hall–Kier alpha value is -3.46. The fraction of sp³-hybridized carbons (Fsp3) is 0.333. The number of nitrogens with one attached hydrogen (secondary N) is 1. The number of hydrogen-bond acceptors (Lipinski definition) is 4. The van der Waals surface area contributed by atoms with E-state index in [-0.39, 0.29) is 46.4 Å². The van der Waals surface area contributed by atoms with Crippen molar-refractivity contribution in [2.45, 2.75) is 31.6 Å². The Kier molecular flexibility index (Phi) is 6.66. The summed E-state index contributed by atoms with van der Waals surface area (Å²) in [6.45, 7) is 1.49. The molecule has 0 saturated carbocycles. The van der Waals surface area contributed by atoms with E-state index in [1.165, 1.54) is 12.1 Å². The second-order valence-electron chi connectivity index (χ2n) is 9.34. The van der Waals surface area contributed by atoms with Gasteiger partial charge in [0.25, 0.3) is 12.3 Å². The molecule has 1 fully saturated rings. The Balaban J connectivity index is 1.41. The van der Waals surface area contributed by atoms with Gasteiger partial charge in [0.15, 0.2) is 0 Å². The quantitative estimate of drug-likeness (QED) is 0.384. The minimum Gasteiger partial charge on any atom is -0.383 e. The number of fused-ring (bicyclic) bond motifs is 1. The van der Waals surface area contributed by atoms with Gasteiger partial charge in [-0.2, -0.15) is 4.39 Å². The summed E-state index contributed by atoms with van der Waals surface area (Å²) in [5.74, 6) is -1.61. The zero-order chi connectivity index (χ0) is 25.4. The summed E-state index contributed by atoms with van der Waals surface area (Å²) < 4.78 is 55.1. The molecule has 0 aliphatic carbocycles. The topological polar surface area (TPSA) is 71.2 Å². The zero-order valence-corrected chi connectivity index (χ0v) is 19.5. The summed E-state index contributed by atoms with van der Waals surface area (Å²) in [7, 11) is 0. The van der Waals surface area contributed by atoms with Crippen LogP contribution in [-0.2, 0) is 6.42 Å². The summed E-state index contributed by atoms with van der Waals surface area (Å²) in [6, 6.07) is 11.7. The molecule has 3 aromatic rings. The van der Waals surface area contributed by atoms with Crippen molar-refractivity contribution in [3.05, 3.63) is 70.9 Å². The van der Waals surface area contributed by atoms with Crippen LogP contribution in [0.25, 0.3) is 22.3 Å². The first-order valence-corrected chi connectivity index (χ1v) is 12.0. The molecule has 188 valence electrons. The van der Waals surface area contributed by atoms with Crippen LogP contribution in [0.3, 0.4) is 0 Å². The Morgan fingerprint density at radius 2 is 1.72 bits per heavy atom. The van der Waals surface area contributed by atoms with E-state index in [0.29, 0.717) is 37.2 Å². The number of nitrogens with two attached hydrogens (primary N) is 1. The average Bonchev–Trinajstić information content (AvgIpc) is 2.85. The van der Waals surface area contributed by atoms with Gasteiger partial charge in [0.05, 0.1) is 6.54 Å². The summed E-state index contributed by atoms with van der Waals surface area (Å²) in [5.41, 5.74) is 9.22. The summed E-state index contributed by atoms with van der Waals surface area (Å²) in [6.07, 6.45) is -0.214. The second-order valence-corrected chi connectivity index (χ2v) is 9.34. The van der Waals surface area contributed by atoms with Crippen molar-refractivity contribution in [3.63, 3.8) is 0 Å². The third-order valence-corrected chi connectivity index (χ3v) is 7.09. The molecule has 0 bridgehead atoms. The second kappa shape index (κ2) is 9.89. The third-order valence-electron chi connectivity index (χ3n) is 7.09. The maximum absolute atomic E-state index is 15.0. The average molecular weight is 499 g/mol. The van der Waals surface area contributed by atoms with Gasteiger partial charge in [0, 0.05) is 28.8 Å². The molecule has 2 aliphatic rings. The maximum atomic E-state index is 15.0. The van der Waals surface area contributed by atoms with Crippen LogP contribution in [0, 0.1) is 11.8 Å². The number of carbonyl (C=O) groups excluding carboxylic acids is 1. The van der Waals surface area contributed by atoms with Crippen molar-refractivity contribution in [1.29, 1.82) is 0 Å². The van der Waals surface area contributed by atoms with Crippen LogP contribution in [0.15, 0.2) is 42.5 Å². The summed E-state index contributed by atoms with van der Waals surface area (Å²) >= 11 is 0. The lowest BCUT2D eigenvalue weighted by molar-refractivity contribution is 0.0754. The number of hydrogen-bond donors (Lipinski definition) is 2. The minimum absolute atomic E-state index is 0.137. The number of carbonyl (C=O) groups is 1. The molecule has 0 unspecified atom stereocenters. The lowest BCUT2D eigenvalue weighted by Gasteiger charge is -2.31. The highest BCUT2D eigenvalue weighted by atomic mass is 19.3. The standard InChI is InChI=1S/C27H26F4N4O/c28-23-13-20-18(5-8-33-27(20)36)11-21(23)22-12-19(25(31)34-26(22)32)17-3-1-15(2-4-17)16-6-9-35(10-7-16)14-24(29)30/h1-4,11-13,16,24H,5-10,14H2,(H2,32,34)(H,33,36). The minimum atomic E-state index is -2.33. The van der Waals surface area contributed by atoms with E-state index in [4.69, 9.17) is 5.73 Å². The molecule has 5 nitrogen and oxygen atoms in total. The van der Waals surface area contributed by atoms with E-state index >= 15 is 4.39 Å². The number of aromatic nitrogens is 1.